The molecule has 188 valence electrons. The summed E-state index contributed by atoms with van der Waals surface area (Å²) in [6.07, 6.45) is 1.46. The molecule has 0 aliphatic rings. The molecule has 4 aromatic carbocycles. The van der Waals surface area contributed by atoms with Crippen LogP contribution in [0.5, 0.6) is 17.2 Å². The van der Waals surface area contributed by atoms with Crippen LogP contribution in [0.25, 0.3) is 10.8 Å². The zero-order valence-corrected chi connectivity index (χ0v) is 21.8. The fraction of sp³-hybridized carbons (Fsp3) is 0.111. The van der Waals surface area contributed by atoms with E-state index >= 15 is 0 Å². The predicted octanol–water partition coefficient (Wildman–Crippen LogP) is 5.80. The molecule has 0 atom stereocenters. The van der Waals surface area contributed by atoms with Crippen LogP contribution in [0, 0.1) is 13.7 Å². The van der Waals surface area contributed by atoms with Crippen LogP contribution in [-0.4, -0.2) is 28.8 Å². The van der Waals surface area contributed by atoms with Crippen LogP contribution in [0.3, 0.4) is 0 Å². The second-order valence-electron chi connectivity index (χ2n) is 7.89. The molecule has 9 nitrogen and oxygen atoms in total. The summed E-state index contributed by atoms with van der Waals surface area (Å²) in [5.41, 5.74) is 3.85. The maximum Gasteiger partial charge on any atom is 0.275 e. The molecule has 0 aliphatic carbocycles. The lowest BCUT2D eigenvalue weighted by molar-refractivity contribution is -0.384. The Kier molecular flexibility index (Phi) is 8.18. The average molecular weight is 611 g/mol. The van der Waals surface area contributed by atoms with Crippen LogP contribution in [0.2, 0.25) is 0 Å². The van der Waals surface area contributed by atoms with Crippen molar-refractivity contribution in [3.63, 3.8) is 0 Å². The van der Waals surface area contributed by atoms with Gasteiger partial charge in [0, 0.05) is 12.1 Å². The Morgan fingerprint density at radius 2 is 1.84 bits per heavy atom. The number of nitrogens with zero attached hydrogens (tertiary/aromatic N) is 2. The van der Waals surface area contributed by atoms with Crippen LogP contribution in [0.4, 0.5) is 5.69 Å². The second kappa shape index (κ2) is 11.7. The van der Waals surface area contributed by atoms with Crippen LogP contribution in [0.1, 0.15) is 28.4 Å². The minimum Gasteiger partial charge on any atom is -0.507 e. The number of phenols is 1. The van der Waals surface area contributed by atoms with E-state index in [0.29, 0.717) is 29.2 Å². The summed E-state index contributed by atoms with van der Waals surface area (Å²) in [4.78, 5) is 23.2. The van der Waals surface area contributed by atoms with E-state index in [1.807, 2.05) is 31.2 Å². The summed E-state index contributed by atoms with van der Waals surface area (Å²) in [7, 11) is 0. The van der Waals surface area contributed by atoms with Crippen molar-refractivity contribution in [3.8, 4) is 17.2 Å². The molecule has 0 spiro atoms. The van der Waals surface area contributed by atoms with Crippen molar-refractivity contribution in [2.45, 2.75) is 13.5 Å². The number of aromatic hydroxyl groups is 1. The molecular formula is C27H22IN3O6. The fourth-order valence-corrected chi connectivity index (χ4v) is 4.40. The van der Waals surface area contributed by atoms with Gasteiger partial charge in [-0.15, -0.1) is 0 Å². The highest BCUT2D eigenvalue weighted by Crippen LogP contribution is 2.35. The Balaban J connectivity index is 1.49. The molecule has 0 radical (unpaired) electrons. The largest absolute Gasteiger partial charge is 0.507 e. The lowest BCUT2D eigenvalue weighted by atomic mass is 10.1. The number of nitro groups is 1. The number of hydrazone groups is 1. The lowest BCUT2D eigenvalue weighted by Gasteiger charge is -2.14. The molecule has 0 aromatic heterocycles. The number of phenolic OH excluding ortho intramolecular Hbond substituents is 1. The third-order valence-electron chi connectivity index (χ3n) is 5.32. The summed E-state index contributed by atoms with van der Waals surface area (Å²) < 4.78 is 12.4. The van der Waals surface area contributed by atoms with Gasteiger partial charge in [0.25, 0.3) is 11.6 Å². The maximum atomic E-state index is 12.6. The monoisotopic (exact) mass is 611 g/mol. The highest BCUT2D eigenvalue weighted by atomic mass is 127. The number of carbonyl (C=O) groups excluding carboxylic acids is 1. The van der Waals surface area contributed by atoms with Gasteiger partial charge in [0.1, 0.15) is 12.4 Å². The number of carbonyl (C=O) groups is 1. The van der Waals surface area contributed by atoms with Gasteiger partial charge >= 0.3 is 0 Å². The summed E-state index contributed by atoms with van der Waals surface area (Å²) in [5.74, 6) is 0.289. The maximum absolute atomic E-state index is 12.6. The molecule has 4 rings (SSSR count). The molecule has 2 N–H and O–H groups in total. The summed E-state index contributed by atoms with van der Waals surface area (Å²) in [5, 5.41) is 27.0. The molecule has 0 bridgehead atoms. The standard InChI is InChI=1S/C27H22IN3O6/c1-2-36-25-12-18(11-23(28)26(25)37-16-17-6-5-9-21(10-17)31(34)35)15-29-30-27(33)22-13-19-7-3-4-8-20(19)14-24(22)32/h3-15,32H,2,16H2,1H3,(H,30,33). The third-order valence-corrected chi connectivity index (χ3v) is 6.13. The second-order valence-corrected chi connectivity index (χ2v) is 9.06. The van der Waals surface area contributed by atoms with Crippen molar-refractivity contribution in [1.29, 1.82) is 0 Å². The van der Waals surface area contributed by atoms with Gasteiger partial charge < -0.3 is 14.6 Å². The first-order chi connectivity index (χ1) is 17.9. The predicted molar refractivity (Wildman–Crippen MR) is 148 cm³/mol. The van der Waals surface area contributed by atoms with Crippen LogP contribution in [-0.2, 0) is 6.61 Å². The quantitative estimate of drug-likeness (QED) is 0.107. The van der Waals surface area contributed by atoms with Gasteiger partial charge in [0.2, 0.25) is 0 Å². The number of non-ortho nitro benzene ring substituents is 1. The van der Waals surface area contributed by atoms with Gasteiger partial charge in [-0.05, 0) is 75.7 Å². The molecule has 10 heteroatoms. The number of rotatable bonds is 9. The minimum atomic E-state index is -0.545. The van der Waals surface area contributed by atoms with E-state index in [1.54, 1.807) is 30.3 Å². The molecule has 0 saturated carbocycles. The average Bonchev–Trinajstić information content (AvgIpc) is 2.88. The van der Waals surface area contributed by atoms with E-state index in [2.05, 4.69) is 33.1 Å². The molecular weight excluding hydrogens is 589 g/mol. The van der Waals surface area contributed by atoms with Gasteiger partial charge in [-0.1, -0.05) is 36.4 Å². The Bertz CT molecular complexity index is 1510. The van der Waals surface area contributed by atoms with Crippen molar-refractivity contribution in [2.75, 3.05) is 6.61 Å². The number of amides is 1. The van der Waals surface area contributed by atoms with Gasteiger partial charge in [-0.25, -0.2) is 5.43 Å². The topological polar surface area (TPSA) is 123 Å². The molecule has 0 saturated heterocycles. The number of hydrogen-bond acceptors (Lipinski definition) is 7. The van der Waals surface area contributed by atoms with E-state index in [0.717, 1.165) is 14.3 Å². The van der Waals surface area contributed by atoms with Crippen molar-refractivity contribution in [3.05, 3.63) is 103 Å². The number of benzene rings is 4. The van der Waals surface area contributed by atoms with Crippen molar-refractivity contribution >= 4 is 51.2 Å². The fourth-order valence-electron chi connectivity index (χ4n) is 3.62. The molecule has 0 aliphatic heterocycles. The Morgan fingerprint density at radius 3 is 2.57 bits per heavy atom. The van der Waals surface area contributed by atoms with E-state index in [-0.39, 0.29) is 23.6 Å². The molecule has 37 heavy (non-hydrogen) atoms. The van der Waals surface area contributed by atoms with Crippen LogP contribution < -0.4 is 14.9 Å². The van der Waals surface area contributed by atoms with Gasteiger partial charge in [-0.2, -0.15) is 5.10 Å². The first kappa shape index (κ1) is 25.9. The molecule has 0 fully saturated rings. The molecule has 0 unspecified atom stereocenters. The zero-order valence-electron chi connectivity index (χ0n) is 19.7. The Labute approximate surface area is 226 Å². The molecule has 1 amide bonds. The number of hydrogen-bond donors (Lipinski definition) is 2. The Hall–Kier alpha value is -4.19. The highest BCUT2D eigenvalue weighted by Gasteiger charge is 2.14. The molecule has 0 heterocycles. The number of ether oxygens (including phenoxy) is 2. The van der Waals surface area contributed by atoms with Gasteiger partial charge in [-0.3, -0.25) is 14.9 Å². The summed E-state index contributed by atoms with van der Waals surface area (Å²) >= 11 is 2.10. The summed E-state index contributed by atoms with van der Waals surface area (Å²) in [6, 6.07) is 20.3. The van der Waals surface area contributed by atoms with E-state index < -0.39 is 10.8 Å². The first-order valence-electron chi connectivity index (χ1n) is 11.2. The van der Waals surface area contributed by atoms with E-state index in [1.165, 1.54) is 24.4 Å². The number of fused-ring (bicyclic) bond motifs is 1. The first-order valence-corrected chi connectivity index (χ1v) is 12.3. The van der Waals surface area contributed by atoms with Gasteiger partial charge in [0.05, 0.1) is 26.9 Å². The third kappa shape index (κ3) is 6.33. The van der Waals surface area contributed by atoms with Crippen LogP contribution >= 0.6 is 22.6 Å². The minimum absolute atomic E-state index is 0.00792. The van der Waals surface area contributed by atoms with Gasteiger partial charge in [0.15, 0.2) is 11.5 Å². The van der Waals surface area contributed by atoms with Crippen LogP contribution in [0.15, 0.2) is 77.9 Å². The van der Waals surface area contributed by atoms with Crippen molar-refractivity contribution in [2.24, 2.45) is 5.10 Å². The van der Waals surface area contributed by atoms with E-state index in [9.17, 15) is 20.0 Å². The number of halogens is 1. The highest BCUT2D eigenvalue weighted by molar-refractivity contribution is 14.1. The van der Waals surface area contributed by atoms with E-state index in [4.69, 9.17) is 9.47 Å². The normalized spacial score (nSPS) is 11.0. The zero-order chi connectivity index (χ0) is 26.4. The lowest BCUT2D eigenvalue weighted by Crippen LogP contribution is -2.17. The smallest absolute Gasteiger partial charge is 0.275 e. The SMILES string of the molecule is CCOc1cc(C=NNC(=O)c2cc3ccccc3cc2O)cc(I)c1OCc1cccc([N+](=O)[O-])c1. The molecule has 4 aromatic rings. The number of nitro benzene ring substituents is 1. The number of nitrogens with one attached hydrogen (secondary N) is 1. The Morgan fingerprint density at radius 1 is 1.08 bits per heavy atom. The van der Waals surface area contributed by atoms with Crippen molar-refractivity contribution < 1.29 is 24.3 Å². The van der Waals surface area contributed by atoms with Crippen molar-refractivity contribution in [1.82, 2.24) is 5.43 Å². The summed E-state index contributed by atoms with van der Waals surface area (Å²) in [6.45, 7) is 2.35.